The third kappa shape index (κ3) is 1.66. The van der Waals surface area contributed by atoms with Gasteiger partial charge in [0.1, 0.15) is 0 Å². The van der Waals surface area contributed by atoms with Crippen molar-refractivity contribution in [2.24, 2.45) is 0 Å². The standard InChI is InChI=1S/C11H9ClN2S/c12-7-3-4-9-8(5-7)10(6-1-2-6)14-11(15)13-9/h3-6H,1-2H2,(H,13,14,15). The van der Waals surface area contributed by atoms with Crippen LogP contribution in [-0.4, -0.2) is 9.97 Å². The minimum Gasteiger partial charge on any atom is -0.334 e. The van der Waals surface area contributed by atoms with E-state index in [0.29, 0.717) is 10.7 Å². The van der Waals surface area contributed by atoms with E-state index in [0.717, 1.165) is 15.9 Å². The maximum absolute atomic E-state index is 5.99. The second-order valence-electron chi connectivity index (χ2n) is 3.89. The van der Waals surface area contributed by atoms with Crippen molar-refractivity contribution in [3.8, 4) is 0 Å². The molecule has 0 unspecified atom stereocenters. The number of nitrogens with one attached hydrogen (secondary N) is 1. The Balaban J connectivity index is 2.39. The van der Waals surface area contributed by atoms with Crippen LogP contribution in [0.4, 0.5) is 0 Å². The molecule has 0 amide bonds. The lowest BCUT2D eigenvalue weighted by molar-refractivity contribution is 1.01. The van der Waals surface area contributed by atoms with Crippen LogP contribution in [0.3, 0.4) is 0 Å². The number of fused-ring (bicyclic) bond motifs is 1. The van der Waals surface area contributed by atoms with Crippen LogP contribution in [0.15, 0.2) is 18.2 Å². The topological polar surface area (TPSA) is 28.7 Å². The Hall–Kier alpha value is -0.930. The molecule has 1 aromatic carbocycles. The first-order valence-electron chi connectivity index (χ1n) is 4.93. The minimum absolute atomic E-state index is 0.562. The van der Waals surface area contributed by atoms with Crippen molar-refractivity contribution in [1.82, 2.24) is 9.97 Å². The Morgan fingerprint density at radius 1 is 1.40 bits per heavy atom. The van der Waals surface area contributed by atoms with E-state index in [9.17, 15) is 0 Å². The van der Waals surface area contributed by atoms with Crippen molar-refractivity contribution < 1.29 is 0 Å². The van der Waals surface area contributed by atoms with Crippen LogP contribution in [0.1, 0.15) is 24.5 Å². The summed E-state index contributed by atoms with van der Waals surface area (Å²) in [6.45, 7) is 0. The molecule has 1 aromatic heterocycles. The highest BCUT2D eigenvalue weighted by atomic mass is 35.5. The van der Waals surface area contributed by atoms with Gasteiger partial charge in [0.05, 0.1) is 5.52 Å². The van der Waals surface area contributed by atoms with E-state index in [1.807, 2.05) is 18.2 Å². The first kappa shape index (κ1) is 9.31. The molecule has 0 aliphatic heterocycles. The van der Waals surface area contributed by atoms with Crippen LogP contribution < -0.4 is 0 Å². The van der Waals surface area contributed by atoms with Gasteiger partial charge >= 0.3 is 0 Å². The molecule has 0 atom stereocenters. The smallest absolute Gasteiger partial charge is 0.197 e. The number of rotatable bonds is 1. The molecule has 1 aliphatic carbocycles. The van der Waals surface area contributed by atoms with Gasteiger partial charge in [-0.2, -0.15) is 0 Å². The molecule has 1 aliphatic rings. The molecule has 1 N–H and O–H groups in total. The van der Waals surface area contributed by atoms with Crippen LogP contribution in [0.2, 0.25) is 5.02 Å². The Bertz CT molecular complexity index is 587. The normalized spacial score (nSPS) is 15.8. The van der Waals surface area contributed by atoms with E-state index in [1.54, 1.807) is 0 Å². The largest absolute Gasteiger partial charge is 0.334 e. The third-order valence-electron chi connectivity index (χ3n) is 2.70. The molecule has 0 radical (unpaired) electrons. The van der Waals surface area contributed by atoms with Crippen molar-refractivity contribution in [2.45, 2.75) is 18.8 Å². The lowest BCUT2D eigenvalue weighted by Gasteiger charge is -2.04. The second-order valence-corrected chi connectivity index (χ2v) is 4.71. The van der Waals surface area contributed by atoms with E-state index in [-0.39, 0.29) is 0 Å². The molecule has 1 fully saturated rings. The van der Waals surface area contributed by atoms with Gasteiger partial charge in [-0.05, 0) is 49.2 Å². The van der Waals surface area contributed by atoms with Crippen LogP contribution in [0, 0.1) is 4.77 Å². The van der Waals surface area contributed by atoms with Gasteiger partial charge in [0.2, 0.25) is 0 Å². The predicted molar refractivity (Wildman–Crippen MR) is 63.9 cm³/mol. The van der Waals surface area contributed by atoms with E-state index in [4.69, 9.17) is 23.8 Å². The highest BCUT2D eigenvalue weighted by Gasteiger charge is 2.26. The Labute approximate surface area is 97.3 Å². The van der Waals surface area contributed by atoms with E-state index >= 15 is 0 Å². The highest BCUT2D eigenvalue weighted by Crippen LogP contribution is 2.41. The Morgan fingerprint density at radius 2 is 2.20 bits per heavy atom. The fourth-order valence-electron chi connectivity index (χ4n) is 1.84. The Morgan fingerprint density at radius 3 is 2.93 bits per heavy atom. The summed E-state index contributed by atoms with van der Waals surface area (Å²) >= 11 is 11.1. The van der Waals surface area contributed by atoms with Gasteiger partial charge in [-0.3, -0.25) is 0 Å². The summed E-state index contributed by atoms with van der Waals surface area (Å²) in [7, 11) is 0. The van der Waals surface area contributed by atoms with Crippen molar-refractivity contribution in [3.63, 3.8) is 0 Å². The number of halogens is 1. The maximum atomic E-state index is 5.99. The third-order valence-corrected chi connectivity index (χ3v) is 3.13. The quantitative estimate of drug-likeness (QED) is 0.763. The molecule has 4 heteroatoms. The van der Waals surface area contributed by atoms with E-state index in [1.165, 1.54) is 18.5 Å². The number of aromatic amines is 1. The van der Waals surface area contributed by atoms with Gasteiger partial charge < -0.3 is 4.98 Å². The molecular weight excluding hydrogens is 228 g/mol. The van der Waals surface area contributed by atoms with Gasteiger partial charge in [-0.15, -0.1) is 0 Å². The maximum Gasteiger partial charge on any atom is 0.197 e. The summed E-state index contributed by atoms with van der Waals surface area (Å²) in [6.07, 6.45) is 2.47. The van der Waals surface area contributed by atoms with Crippen molar-refractivity contribution in [3.05, 3.63) is 33.7 Å². The minimum atomic E-state index is 0.562. The van der Waals surface area contributed by atoms with E-state index < -0.39 is 0 Å². The van der Waals surface area contributed by atoms with Gasteiger partial charge in [-0.1, -0.05) is 11.6 Å². The number of hydrogen-bond acceptors (Lipinski definition) is 2. The fourth-order valence-corrected chi connectivity index (χ4v) is 2.22. The predicted octanol–water partition coefficient (Wildman–Crippen LogP) is 3.82. The zero-order chi connectivity index (χ0) is 10.4. The van der Waals surface area contributed by atoms with Crippen LogP contribution in [0.5, 0.6) is 0 Å². The molecular formula is C11H9ClN2S. The zero-order valence-corrected chi connectivity index (χ0v) is 9.53. The molecule has 3 rings (SSSR count). The zero-order valence-electron chi connectivity index (χ0n) is 7.96. The summed E-state index contributed by atoms with van der Waals surface area (Å²) in [5.41, 5.74) is 2.14. The number of benzene rings is 1. The van der Waals surface area contributed by atoms with Gasteiger partial charge in [0, 0.05) is 16.1 Å². The fraction of sp³-hybridized carbons (Fsp3) is 0.273. The summed E-state index contributed by atoms with van der Waals surface area (Å²) in [6, 6.07) is 5.73. The van der Waals surface area contributed by atoms with Crippen molar-refractivity contribution >= 4 is 34.7 Å². The molecule has 0 saturated heterocycles. The molecule has 2 aromatic rings. The summed E-state index contributed by atoms with van der Waals surface area (Å²) in [5, 5.41) is 1.86. The number of H-pyrrole nitrogens is 1. The second kappa shape index (κ2) is 3.29. The number of nitrogens with zero attached hydrogens (tertiary/aromatic N) is 1. The summed E-state index contributed by atoms with van der Waals surface area (Å²) in [4.78, 5) is 7.47. The molecule has 1 saturated carbocycles. The lowest BCUT2D eigenvalue weighted by atomic mass is 10.1. The van der Waals surface area contributed by atoms with Gasteiger partial charge in [0.15, 0.2) is 4.77 Å². The molecule has 1 heterocycles. The average molecular weight is 237 g/mol. The lowest BCUT2D eigenvalue weighted by Crippen LogP contribution is -1.93. The van der Waals surface area contributed by atoms with E-state index in [2.05, 4.69) is 9.97 Å². The molecule has 2 nitrogen and oxygen atoms in total. The van der Waals surface area contributed by atoms with Crippen LogP contribution >= 0.6 is 23.8 Å². The molecule has 0 spiro atoms. The Kier molecular flexibility index (Phi) is 2.04. The van der Waals surface area contributed by atoms with Crippen molar-refractivity contribution in [1.29, 1.82) is 0 Å². The monoisotopic (exact) mass is 236 g/mol. The summed E-state index contributed by atoms with van der Waals surface area (Å²) in [5.74, 6) is 0.621. The first-order valence-corrected chi connectivity index (χ1v) is 5.72. The molecule has 76 valence electrons. The number of aromatic nitrogens is 2. The average Bonchev–Trinajstić information content (AvgIpc) is 3.01. The number of hydrogen-bond donors (Lipinski definition) is 1. The summed E-state index contributed by atoms with van der Waals surface area (Å²) < 4.78 is 0.562. The van der Waals surface area contributed by atoms with Gasteiger partial charge in [-0.25, -0.2) is 4.98 Å². The molecule has 0 bridgehead atoms. The van der Waals surface area contributed by atoms with Crippen LogP contribution in [0.25, 0.3) is 10.9 Å². The van der Waals surface area contributed by atoms with Crippen molar-refractivity contribution in [2.75, 3.05) is 0 Å². The highest BCUT2D eigenvalue weighted by molar-refractivity contribution is 7.71. The SMILES string of the molecule is S=c1nc2ccc(Cl)cc2c(C2CC2)[nH]1. The first-order chi connectivity index (χ1) is 7.24. The van der Waals surface area contributed by atoms with Gasteiger partial charge in [0.25, 0.3) is 0 Å². The van der Waals surface area contributed by atoms with Crippen LogP contribution in [-0.2, 0) is 0 Å². The molecule has 15 heavy (non-hydrogen) atoms.